The first-order valence-corrected chi connectivity index (χ1v) is 8.57. The topological polar surface area (TPSA) is 41.1 Å². The molecule has 3 heterocycles. The number of hydrogen-bond acceptors (Lipinski definition) is 5. The first-order chi connectivity index (χ1) is 10.0. The van der Waals surface area contributed by atoms with Crippen LogP contribution in [0.2, 0.25) is 0 Å². The minimum absolute atomic E-state index is 0.456. The van der Waals surface area contributed by atoms with Gasteiger partial charge >= 0.3 is 0 Å². The molecule has 1 aliphatic heterocycles. The first-order valence-electron chi connectivity index (χ1n) is 7.75. The molecule has 1 N–H and O–H groups in total. The lowest BCUT2D eigenvalue weighted by Gasteiger charge is -2.37. The van der Waals surface area contributed by atoms with Crippen molar-refractivity contribution in [2.75, 3.05) is 30.4 Å². The van der Waals surface area contributed by atoms with Gasteiger partial charge in [-0.3, -0.25) is 0 Å². The number of nitrogens with zero attached hydrogens (tertiary/aromatic N) is 3. The maximum Gasteiger partial charge on any atom is 0.225 e. The van der Waals surface area contributed by atoms with Gasteiger partial charge in [0.05, 0.1) is 5.39 Å². The van der Waals surface area contributed by atoms with E-state index >= 15 is 0 Å². The van der Waals surface area contributed by atoms with Crippen molar-refractivity contribution in [3.63, 3.8) is 0 Å². The zero-order chi connectivity index (χ0) is 15.0. The van der Waals surface area contributed by atoms with E-state index in [1.165, 1.54) is 23.1 Å². The molecule has 0 saturated carbocycles. The molecule has 0 radical (unpaired) electrons. The van der Waals surface area contributed by atoms with Gasteiger partial charge in [-0.15, -0.1) is 11.3 Å². The molecule has 0 amide bonds. The van der Waals surface area contributed by atoms with Gasteiger partial charge in [-0.25, -0.2) is 4.98 Å². The zero-order valence-corrected chi connectivity index (χ0v) is 14.2. The summed E-state index contributed by atoms with van der Waals surface area (Å²) in [6.07, 6.45) is 3.50. The average Bonchev–Trinajstić information content (AvgIpc) is 2.89. The van der Waals surface area contributed by atoms with Crippen LogP contribution in [-0.4, -0.2) is 30.1 Å². The van der Waals surface area contributed by atoms with E-state index in [4.69, 9.17) is 4.98 Å². The molecular weight excluding hydrogens is 280 g/mol. The number of thiophene rings is 1. The molecule has 0 aliphatic carbocycles. The molecule has 5 heteroatoms. The lowest BCUT2D eigenvalue weighted by Crippen LogP contribution is -2.37. The molecule has 114 valence electrons. The summed E-state index contributed by atoms with van der Waals surface area (Å²) in [5.41, 5.74) is 0.456. The number of rotatable bonds is 3. The van der Waals surface area contributed by atoms with Crippen molar-refractivity contribution < 1.29 is 0 Å². The van der Waals surface area contributed by atoms with Gasteiger partial charge in [-0.1, -0.05) is 20.8 Å². The fourth-order valence-electron chi connectivity index (χ4n) is 2.81. The van der Waals surface area contributed by atoms with Crippen molar-refractivity contribution in [1.29, 1.82) is 0 Å². The van der Waals surface area contributed by atoms with Crippen LogP contribution in [0, 0.1) is 5.41 Å². The van der Waals surface area contributed by atoms with Gasteiger partial charge in [0.1, 0.15) is 10.6 Å². The minimum Gasteiger partial charge on any atom is -0.357 e. The normalized spacial score (nSPS) is 18.2. The lowest BCUT2D eigenvalue weighted by atomic mass is 9.82. The number of piperidine rings is 1. The molecule has 0 atom stereocenters. The maximum atomic E-state index is 4.75. The second-order valence-electron chi connectivity index (χ2n) is 6.56. The third-order valence-electron chi connectivity index (χ3n) is 4.41. The van der Waals surface area contributed by atoms with Crippen LogP contribution in [0.1, 0.15) is 38.5 Å². The fourth-order valence-corrected chi connectivity index (χ4v) is 3.77. The Morgan fingerprint density at radius 2 is 2.00 bits per heavy atom. The highest BCUT2D eigenvalue weighted by atomic mass is 32.1. The van der Waals surface area contributed by atoms with E-state index in [2.05, 4.69) is 42.0 Å². The molecule has 1 aliphatic rings. The Morgan fingerprint density at radius 3 is 2.62 bits per heavy atom. The molecule has 1 fully saturated rings. The molecule has 1 saturated heterocycles. The molecule has 2 aromatic heterocycles. The van der Waals surface area contributed by atoms with Crippen LogP contribution >= 0.6 is 11.3 Å². The van der Waals surface area contributed by atoms with E-state index in [1.54, 1.807) is 11.3 Å². The van der Waals surface area contributed by atoms with Crippen LogP contribution in [0.3, 0.4) is 0 Å². The molecule has 0 unspecified atom stereocenters. The van der Waals surface area contributed by atoms with E-state index in [0.29, 0.717) is 5.41 Å². The number of aromatic nitrogens is 2. The van der Waals surface area contributed by atoms with E-state index < -0.39 is 0 Å². The van der Waals surface area contributed by atoms with Crippen molar-refractivity contribution in [1.82, 2.24) is 9.97 Å². The number of nitrogens with one attached hydrogen (secondary N) is 1. The highest BCUT2D eigenvalue weighted by molar-refractivity contribution is 7.18. The van der Waals surface area contributed by atoms with E-state index in [9.17, 15) is 0 Å². The molecular formula is C16H24N4S. The number of hydrogen-bond donors (Lipinski definition) is 1. The first kappa shape index (κ1) is 14.6. The van der Waals surface area contributed by atoms with E-state index in [1.807, 2.05) is 7.05 Å². The Bertz CT molecular complexity index is 637. The van der Waals surface area contributed by atoms with Crippen molar-refractivity contribution >= 4 is 33.3 Å². The van der Waals surface area contributed by atoms with Gasteiger partial charge < -0.3 is 10.2 Å². The van der Waals surface area contributed by atoms with Crippen LogP contribution in [0.5, 0.6) is 0 Å². The quantitative estimate of drug-likeness (QED) is 0.933. The molecule has 2 aromatic rings. The van der Waals surface area contributed by atoms with Crippen molar-refractivity contribution in [2.45, 2.75) is 40.0 Å². The lowest BCUT2D eigenvalue weighted by molar-refractivity contribution is 0.279. The Hall–Kier alpha value is -1.36. The summed E-state index contributed by atoms with van der Waals surface area (Å²) in [5, 5.41) is 4.32. The second-order valence-corrected chi connectivity index (χ2v) is 7.67. The molecule has 3 rings (SSSR count). The molecule has 0 aromatic carbocycles. The van der Waals surface area contributed by atoms with Crippen LogP contribution < -0.4 is 10.2 Å². The molecule has 0 spiro atoms. The van der Waals surface area contributed by atoms with Crippen molar-refractivity contribution in [3.8, 4) is 0 Å². The summed E-state index contributed by atoms with van der Waals surface area (Å²) in [7, 11) is 1.89. The fraction of sp³-hybridized carbons (Fsp3) is 0.625. The number of fused-ring (bicyclic) bond motifs is 1. The standard InChI is InChI=1S/C16H24N4S/c1-5-11-10-12-13(18-15(17-4)19-14(12)21-11)20-8-6-16(2,3)7-9-20/h10H,5-9H2,1-4H3,(H,17,18,19). The SMILES string of the molecule is CCc1cc2c(N3CCC(C)(C)CC3)nc(NC)nc2s1. The highest BCUT2D eigenvalue weighted by Crippen LogP contribution is 2.36. The van der Waals surface area contributed by atoms with Gasteiger partial charge in [0, 0.05) is 25.0 Å². The Kier molecular flexibility index (Phi) is 3.78. The van der Waals surface area contributed by atoms with Gasteiger partial charge in [0.25, 0.3) is 0 Å². The maximum absolute atomic E-state index is 4.75. The Labute approximate surface area is 130 Å². The summed E-state index contributed by atoms with van der Waals surface area (Å²) in [6.45, 7) is 9.08. The number of anilines is 2. The smallest absolute Gasteiger partial charge is 0.225 e. The summed E-state index contributed by atoms with van der Waals surface area (Å²) < 4.78 is 0. The summed E-state index contributed by atoms with van der Waals surface area (Å²) in [5.74, 6) is 1.84. The Morgan fingerprint density at radius 1 is 1.29 bits per heavy atom. The summed E-state index contributed by atoms with van der Waals surface area (Å²) in [4.78, 5) is 14.3. The van der Waals surface area contributed by atoms with E-state index in [-0.39, 0.29) is 0 Å². The summed E-state index contributed by atoms with van der Waals surface area (Å²) >= 11 is 1.79. The Balaban J connectivity index is 2.02. The van der Waals surface area contributed by atoms with Crippen molar-refractivity contribution in [2.24, 2.45) is 5.41 Å². The van der Waals surface area contributed by atoms with Gasteiger partial charge in [0.2, 0.25) is 5.95 Å². The van der Waals surface area contributed by atoms with Crippen LogP contribution in [0.4, 0.5) is 11.8 Å². The third kappa shape index (κ3) is 2.84. The summed E-state index contributed by atoms with van der Waals surface area (Å²) in [6, 6.07) is 2.27. The zero-order valence-electron chi connectivity index (χ0n) is 13.4. The van der Waals surface area contributed by atoms with Crippen molar-refractivity contribution in [3.05, 3.63) is 10.9 Å². The largest absolute Gasteiger partial charge is 0.357 e. The van der Waals surface area contributed by atoms with E-state index in [0.717, 1.165) is 36.1 Å². The van der Waals surface area contributed by atoms with Gasteiger partial charge in [-0.2, -0.15) is 4.98 Å². The van der Waals surface area contributed by atoms with Crippen LogP contribution in [-0.2, 0) is 6.42 Å². The predicted octanol–water partition coefficient (Wildman–Crippen LogP) is 3.92. The monoisotopic (exact) mass is 304 g/mol. The van der Waals surface area contributed by atoms with Crippen LogP contribution in [0.15, 0.2) is 6.07 Å². The number of aryl methyl sites for hydroxylation is 1. The molecule has 0 bridgehead atoms. The van der Waals surface area contributed by atoms with Gasteiger partial charge in [0.15, 0.2) is 0 Å². The highest BCUT2D eigenvalue weighted by Gasteiger charge is 2.27. The molecule has 21 heavy (non-hydrogen) atoms. The average molecular weight is 304 g/mol. The third-order valence-corrected chi connectivity index (χ3v) is 5.59. The second kappa shape index (κ2) is 5.44. The van der Waals surface area contributed by atoms with Gasteiger partial charge in [-0.05, 0) is 30.7 Å². The molecule has 4 nitrogen and oxygen atoms in total. The van der Waals surface area contributed by atoms with Crippen LogP contribution in [0.25, 0.3) is 10.2 Å². The minimum atomic E-state index is 0.456. The predicted molar refractivity (Wildman–Crippen MR) is 91.6 cm³/mol.